The van der Waals surface area contributed by atoms with Crippen molar-refractivity contribution in [1.82, 2.24) is 0 Å². The Labute approximate surface area is 80.0 Å². The normalized spacial score (nSPS) is 11.6. The number of allylic oxidation sites excluding steroid dienone is 2. The van der Waals surface area contributed by atoms with Gasteiger partial charge in [0.2, 0.25) is 0 Å². The molecular weight excluding hydrogens is 162 g/mol. The monoisotopic (exact) mass is 177 g/mol. The molecule has 0 bridgehead atoms. The van der Waals surface area contributed by atoms with Crippen molar-refractivity contribution in [2.75, 3.05) is 6.61 Å². The zero-order chi connectivity index (χ0) is 10.1. The van der Waals surface area contributed by atoms with E-state index >= 15 is 0 Å². The maximum Gasteiger partial charge on any atom is 0.148 e. The molecule has 0 fully saturated rings. The Kier molecular flexibility index (Phi) is 6.35. The van der Waals surface area contributed by atoms with Crippen molar-refractivity contribution in [3.63, 3.8) is 0 Å². The lowest BCUT2D eigenvalue weighted by molar-refractivity contribution is 0.255. The predicted octanol–water partition coefficient (Wildman–Crippen LogP) is 2.53. The summed E-state index contributed by atoms with van der Waals surface area (Å²) < 4.78 is 5.22. The van der Waals surface area contributed by atoms with Crippen LogP contribution in [-0.2, 0) is 4.74 Å². The molecule has 0 radical (unpaired) electrons. The largest absolute Gasteiger partial charge is 0.484 e. The van der Waals surface area contributed by atoms with E-state index in [1.807, 2.05) is 13.8 Å². The van der Waals surface area contributed by atoms with Gasteiger partial charge in [-0.1, -0.05) is 12.5 Å². The highest BCUT2D eigenvalue weighted by atomic mass is 16.5. The van der Waals surface area contributed by atoms with E-state index in [-0.39, 0.29) is 0 Å². The lowest BCUT2D eigenvalue weighted by Gasteiger charge is -1.98. The summed E-state index contributed by atoms with van der Waals surface area (Å²) in [5, 5.41) is 0. The molecule has 0 aromatic heterocycles. The number of hydrogen-bond donors (Lipinski definition) is 0. The third-order valence-electron chi connectivity index (χ3n) is 1.29. The van der Waals surface area contributed by atoms with Gasteiger partial charge in [0, 0.05) is 5.71 Å². The Balaban J connectivity index is 3.99. The van der Waals surface area contributed by atoms with Crippen LogP contribution in [0.3, 0.4) is 0 Å². The number of nitrogens with zero attached hydrogens (tertiary/aromatic N) is 1. The molecule has 0 saturated heterocycles. The molecule has 70 valence electrons. The Morgan fingerprint density at radius 1 is 1.54 bits per heavy atom. The van der Waals surface area contributed by atoms with Gasteiger partial charge in [-0.05, 0) is 26.8 Å². The van der Waals surface area contributed by atoms with Gasteiger partial charge < -0.3 is 4.74 Å². The second-order valence-electron chi connectivity index (χ2n) is 2.43. The standard InChI is InChI=1S/C11H15NO/c1-5-7-8-13-11(4)9-12-10(3)6-2/h6,9H,2,8H2,1,3-4H3/b11-9+,12-10-. The molecule has 0 N–H and O–H groups in total. The molecule has 0 aliphatic carbocycles. The van der Waals surface area contributed by atoms with Crippen LogP contribution in [0.1, 0.15) is 20.8 Å². The van der Waals surface area contributed by atoms with E-state index in [9.17, 15) is 0 Å². The van der Waals surface area contributed by atoms with Gasteiger partial charge in [0.25, 0.3) is 0 Å². The average molecular weight is 177 g/mol. The average Bonchev–Trinajstić information content (AvgIpc) is 2.14. The first kappa shape index (κ1) is 11.5. The molecule has 2 nitrogen and oxygen atoms in total. The van der Waals surface area contributed by atoms with Crippen LogP contribution in [0.2, 0.25) is 0 Å². The van der Waals surface area contributed by atoms with Crippen molar-refractivity contribution < 1.29 is 4.74 Å². The van der Waals surface area contributed by atoms with E-state index in [1.165, 1.54) is 0 Å². The van der Waals surface area contributed by atoms with E-state index in [4.69, 9.17) is 4.74 Å². The second kappa shape index (κ2) is 7.17. The fourth-order valence-electron chi connectivity index (χ4n) is 0.505. The first-order valence-electron chi connectivity index (χ1n) is 4.06. The number of rotatable bonds is 4. The van der Waals surface area contributed by atoms with Crippen LogP contribution in [0.25, 0.3) is 0 Å². The maximum absolute atomic E-state index is 5.22. The molecular formula is C11H15NO. The van der Waals surface area contributed by atoms with Crippen LogP contribution in [-0.4, -0.2) is 12.3 Å². The highest BCUT2D eigenvalue weighted by molar-refractivity contribution is 5.92. The number of ether oxygens (including phenoxy) is 1. The zero-order valence-electron chi connectivity index (χ0n) is 8.42. The van der Waals surface area contributed by atoms with Crippen molar-refractivity contribution >= 4 is 5.71 Å². The quantitative estimate of drug-likeness (QED) is 0.367. The van der Waals surface area contributed by atoms with E-state index < -0.39 is 0 Å². The summed E-state index contributed by atoms with van der Waals surface area (Å²) in [4.78, 5) is 4.08. The van der Waals surface area contributed by atoms with Gasteiger partial charge in [-0.3, -0.25) is 4.99 Å². The van der Waals surface area contributed by atoms with Gasteiger partial charge in [0.1, 0.15) is 12.4 Å². The summed E-state index contributed by atoms with van der Waals surface area (Å²) in [6, 6.07) is 0. The SMILES string of the molecule is C=C/C(C)=N\C=C(/C)OCC#CC. The first-order chi connectivity index (χ1) is 6.20. The van der Waals surface area contributed by atoms with E-state index in [0.717, 1.165) is 11.5 Å². The molecule has 0 aromatic rings. The smallest absolute Gasteiger partial charge is 0.148 e. The molecule has 0 aliphatic rings. The van der Waals surface area contributed by atoms with Crippen molar-refractivity contribution in [2.24, 2.45) is 4.99 Å². The van der Waals surface area contributed by atoms with Gasteiger partial charge in [0.15, 0.2) is 0 Å². The van der Waals surface area contributed by atoms with Crippen molar-refractivity contribution in [1.29, 1.82) is 0 Å². The molecule has 0 atom stereocenters. The molecule has 0 unspecified atom stereocenters. The molecule has 0 aliphatic heterocycles. The van der Waals surface area contributed by atoms with Crippen molar-refractivity contribution in [3.05, 3.63) is 24.6 Å². The van der Waals surface area contributed by atoms with E-state index in [2.05, 4.69) is 23.4 Å². The van der Waals surface area contributed by atoms with Gasteiger partial charge in [-0.2, -0.15) is 0 Å². The van der Waals surface area contributed by atoms with E-state index in [0.29, 0.717) is 6.61 Å². The molecule has 0 spiro atoms. The number of hydrogen-bond acceptors (Lipinski definition) is 2. The minimum atomic E-state index is 0.418. The third-order valence-corrected chi connectivity index (χ3v) is 1.29. The lowest BCUT2D eigenvalue weighted by atomic mass is 10.4. The summed E-state index contributed by atoms with van der Waals surface area (Å²) in [5.41, 5.74) is 0.865. The van der Waals surface area contributed by atoms with Gasteiger partial charge in [0.05, 0.1) is 6.20 Å². The summed E-state index contributed by atoms with van der Waals surface area (Å²) in [5.74, 6) is 6.30. The topological polar surface area (TPSA) is 21.6 Å². The molecule has 0 aromatic carbocycles. The summed E-state index contributed by atoms with van der Waals surface area (Å²) in [6.07, 6.45) is 3.35. The second-order valence-corrected chi connectivity index (χ2v) is 2.43. The predicted molar refractivity (Wildman–Crippen MR) is 56.5 cm³/mol. The first-order valence-corrected chi connectivity index (χ1v) is 4.06. The van der Waals surface area contributed by atoms with Crippen molar-refractivity contribution in [2.45, 2.75) is 20.8 Å². The Morgan fingerprint density at radius 2 is 2.23 bits per heavy atom. The molecule has 0 saturated carbocycles. The fourth-order valence-corrected chi connectivity index (χ4v) is 0.505. The third kappa shape index (κ3) is 6.89. The van der Waals surface area contributed by atoms with Gasteiger partial charge in [-0.15, -0.1) is 5.92 Å². The lowest BCUT2D eigenvalue weighted by Crippen LogP contribution is -1.88. The minimum Gasteiger partial charge on any atom is -0.484 e. The Morgan fingerprint density at radius 3 is 2.77 bits per heavy atom. The van der Waals surface area contributed by atoms with Gasteiger partial charge >= 0.3 is 0 Å². The zero-order valence-corrected chi connectivity index (χ0v) is 8.42. The maximum atomic E-state index is 5.22. The highest BCUT2D eigenvalue weighted by Gasteiger charge is 1.85. The van der Waals surface area contributed by atoms with Crippen LogP contribution >= 0.6 is 0 Å². The summed E-state index contributed by atoms with van der Waals surface area (Å²) in [6.45, 7) is 9.51. The molecule has 2 heteroatoms. The van der Waals surface area contributed by atoms with Crippen LogP contribution in [0.5, 0.6) is 0 Å². The highest BCUT2D eigenvalue weighted by Crippen LogP contribution is 1.95. The van der Waals surface area contributed by atoms with Crippen LogP contribution < -0.4 is 0 Å². The summed E-state index contributed by atoms with van der Waals surface area (Å²) in [7, 11) is 0. The molecule has 0 heterocycles. The van der Waals surface area contributed by atoms with Crippen LogP contribution in [0.4, 0.5) is 0 Å². The summed E-state index contributed by atoms with van der Waals surface area (Å²) >= 11 is 0. The van der Waals surface area contributed by atoms with Gasteiger partial charge in [-0.25, -0.2) is 0 Å². The van der Waals surface area contributed by atoms with Crippen LogP contribution in [0, 0.1) is 11.8 Å². The minimum absolute atomic E-state index is 0.418. The Bertz CT molecular complexity index is 276. The molecule has 0 rings (SSSR count). The fraction of sp³-hybridized carbons (Fsp3) is 0.364. The molecule has 0 amide bonds. The van der Waals surface area contributed by atoms with Crippen LogP contribution in [0.15, 0.2) is 29.6 Å². The molecule has 13 heavy (non-hydrogen) atoms. The number of aliphatic imine (C=N–C) groups is 1. The van der Waals surface area contributed by atoms with E-state index in [1.54, 1.807) is 19.2 Å². The Hall–Kier alpha value is -1.49. The van der Waals surface area contributed by atoms with Crippen molar-refractivity contribution in [3.8, 4) is 11.8 Å².